The lowest BCUT2D eigenvalue weighted by Gasteiger charge is -2.26. The summed E-state index contributed by atoms with van der Waals surface area (Å²) in [6, 6.07) is 4.76. The second-order valence-electron chi connectivity index (χ2n) is 8.84. The molecule has 0 bridgehead atoms. The highest BCUT2D eigenvalue weighted by Crippen LogP contribution is 2.37. The highest BCUT2D eigenvalue weighted by Gasteiger charge is 2.36. The van der Waals surface area contributed by atoms with Crippen LogP contribution < -0.4 is 10.1 Å². The van der Waals surface area contributed by atoms with E-state index in [9.17, 15) is 27.6 Å². The summed E-state index contributed by atoms with van der Waals surface area (Å²) >= 11 is 0. The molecule has 13 heteroatoms. The largest absolute Gasteiger partial charge is 0.507 e. The molecular weight excluding hydrogens is 533 g/mol. The van der Waals surface area contributed by atoms with Gasteiger partial charge in [0, 0.05) is 44.9 Å². The molecule has 2 N–H and O–H groups in total. The Kier molecular flexibility index (Phi) is 10.9. The average molecular weight is 567 g/mol. The topological polar surface area (TPSA) is 125 Å². The molecule has 0 saturated heterocycles. The Bertz CT molecular complexity index is 1320. The van der Waals surface area contributed by atoms with Gasteiger partial charge in [-0.05, 0) is 25.1 Å². The molecule has 0 radical (unpaired) electrons. The number of phenols is 1. The molecule has 4 rings (SSSR count). The number of likely N-dealkylation sites (N-methyl/N-ethyl adjacent to an activating group) is 1. The second kappa shape index (κ2) is 13.7. The summed E-state index contributed by atoms with van der Waals surface area (Å²) in [4.78, 5) is 41.5. The number of furan rings is 1. The van der Waals surface area contributed by atoms with E-state index < -0.39 is 17.6 Å². The van der Waals surface area contributed by atoms with Gasteiger partial charge in [0.2, 0.25) is 18.1 Å². The molecule has 1 atom stereocenters. The number of alkyl halides is 2. The third-order valence-corrected chi connectivity index (χ3v) is 5.71. The molecule has 1 aromatic carbocycles. The van der Waals surface area contributed by atoms with Crippen molar-refractivity contribution in [2.24, 2.45) is 0 Å². The van der Waals surface area contributed by atoms with E-state index in [1.165, 1.54) is 28.0 Å². The van der Waals surface area contributed by atoms with Crippen LogP contribution in [0.1, 0.15) is 49.4 Å². The Labute approximate surface area is 229 Å². The van der Waals surface area contributed by atoms with Gasteiger partial charge >= 0.3 is 0 Å². The van der Waals surface area contributed by atoms with Crippen molar-refractivity contribution < 1.29 is 41.8 Å². The molecule has 10 nitrogen and oxygen atoms in total. The highest BCUT2D eigenvalue weighted by molar-refractivity contribution is 6.02. The maximum absolute atomic E-state index is 13.5. The van der Waals surface area contributed by atoms with Gasteiger partial charge in [0.05, 0.1) is 6.04 Å². The normalized spacial score (nSPS) is 14.5. The minimum Gasteiger partial charge on any atom is -0.507 e. The van der Waals surface area contributed by atoms with E-state index >= 15 is 0 Å². The van der Waals surface area contributed by atoms with Gasteiger partial charge in [-0.15, -0.1) is 0 Å². The number of benzene rings is 1. The summed E-state index contributed by atoms with van der Waals surface area (Å²) in [5.74, 6) is -4.58. The van der Waals surface area contributed by atoms with Crippen LogP contribution in [0.25, 0.3) is 11.1 Å². The SMILES string of the molecule is CC.CC1COc2c(oc3cc(C(C)(F)F)cnc23)C(=O)N1CC(=O)N(C)C.O=CNCc1c(O)cccc1F. The number of amides is 3. The Morgan fingerprint density at radius 3 is 2.58 bits per heavy atom. The first kappa shape index (κ1) is 31.9. The lowest BCUT2D eigenvalue weighted by Crippen LogP contribution is -2.45. The zero-order chi connectivity index (χ0) is 30.2. The number of phenolic OH excluding ortho intramolecular Hbond substituents is 1. The molecule has 218 valence electrons. The van der Waals surface area contributed by atoms with E-state index in [1.807, 2.05) is 13.8 Å². The molecule has 3 aromatic rings. The first-order chi connectivity index (χ1) is 18.8. The van der Waals surface area contributed by atoms with Crippen LogP contribution in [0.5, 0.6) is 11.5 Å². The van der Waals surface area contributed by atoms with Crippen LogP contribution in [0.15, 0.2) is 34.9 Å². The molecule has 0 saturated carbocycles. The number of aromatic hydroxyl groups is 1. The van der Waals surface area contributed by atoms with Crippen molar-refractivity contribution in [3.63, 3.8) is 0 Å². The van der Waals surface area contributed by atoms with Crippen LogP contribution in [0.4, 0.5) is 13.2 Å². The monoisotopic (exact) mass is 566 g/mol. The third kappa shape index (κ3) is 7.42. The summed E-state index contributed by atoms with van der Waals surface area (Å²) in [5, 5.41) is 11.4. The maximum Gasteiger partial charge on any atom is 0.294 e. The number of fused-ring (bicyclic) bond motifs is 3. The quantitative estimate of drug-likeness (QED) is 0.431. The standard InChI is InChI=1S/C17H19F2N3O4.C8H8FNO2.C2H6/c1-9-8-25-14-13-11(5-10(6-20-13)17(2,18)19)26-15(14)16(24)22(9)7-12(23)21(3)4;9-7-2-1-3-8(12)6(7)4-10-5-11;1-2/h5-6,9H,7-8H2,1-4H3;1-3,5,12H,4H2,(H,10,11);1-2H3. The molecule has 1 unspecified atom stereocenters. The van der Waals surface area contributed by atoms with E-state index in [-0.39, 0.29) is 71.1 Å². The summed E-state index contributed by atoms with van der Waals surface area (Å²) in [6.07, 6.45) is 1.49. The smallest absolute Gasteiger partial charge is 0.294 e. The molecule has 40 heavy (non-hydrogen) atoms. The number of pyridine rings is 1. The van der Waals surface area contributed by atoms with Crippen LogP contribution in [0.3, 0.4) is 0 Å². The zero-order valence-corrected chi connectivity index (χ0v) is 23.1. The number of nitrogens with zero attached hydrogens (tertiary/aromatic N) is 3. The van der Waals surface area contributed by atoms with Gasteiger partial charge in [-0.2, -0.15) is 0 Å². The first-order valence-electron chi connectivity index (χ1n) is 12.4. The number of hydrogen-bond acceptors (Lipinski definition) is 7. The minimum atomic E-state index is -3.09. The second-order valence-corrected chi connectivity index (χ2v) is 8.84. The van der Waals surface area contributed by atoms with Crippen molar-refractivity contribution in [3.05, 3.63) is 53.2 Å². The Morgan fingerprint density at radius 2 is 2.00 bits per heavy atom. The number of halogens is 3. The highest BCUT2D eigenvalue weighted by atomic mass is 19.3. The van der Waals surface area contributed by atoms with E-state index in [4.69, 9.17) is 14.3 Å². The fourth-order valence-electron chi connectivity index (χ4n) is 3.48. The third-order valence-electron chi connectivity index (χ3n) is 5.71. The summed E-state index contributed by atoms with van der Waals surface area (Å²) < 4.78 is 51.0. The van der Waals surface area contributed by atoms with Crippen molar-refractivity contribution in [2.75, 3.05) is 27.2 Å². The van der Waals surface area contributed by atoms with Crippen LogP contribution in [-0.2, 0) is 22.1 Å². The lowest BCUT2D eigenvalue weighted by molar-refractivity contribution is -0.129. The van der Waals surface area contributed by atoms with Gasteiger partial charge in [-0.25, -0.2) is 18.2 Å². The van der Waals surface area contributed by atoms with Crippen LogP contribution in [0, 0.1) is 5.82 Å². The molecule has 0 spiro atoms. The molecule has 3 amide bonds. The molecule has 0 aliphatic carbocycles. The van der Waals surface area contributed by atoms with Gasteiger partial charge in [0.25, 0.3) is 11.8 Å². The Hall–Kier alpha value is -4.29. The van der Waals surface area contributed by atoms with Gasteiger partial charge in [-0.1, -0.05) is 19.9 Å². The molecule has 0 fully saturated rings. The van der Waals surface area contributed by atoms with E-state index in [0.29, 0.717) is 6.41 Å². The van der Waals surface area contributed by atoms with E-state index in [2.05, 4.69) is 10.3 Å². The zero-order valence-electron chi connectivity index (χ0n) is 23.1. The number of hydrogen-bond donors (Lipinski definition) is 2. The lowest BCUT2D eigenvalue weighted by atomic mass is 10.1. The van der Waals surface area contributed by atoms with Gasteiger partial charge in [-0.3, -0.25) is 14.4 Å². The number of aromatic nitrogens is 1. The van der Waals surface area contributed by atoms with Crippen molar-refractivity contribution in [2.45, 2.75) is 46.2 Å². The van der Waals surface area contributed by atoms with Crippen LogP contribution in [-0.4, -0.2) is 71.4 Å². The molecular formula is C27H33F3N4O6. The summed E-state index contributed by atoms with van der Waals surface area (Å²) in [5.41, 5.74) is 0.0177. The van der Waals surface area contributed by atoms with Crippen molar-refractivity contribution in [1.82, 2.24) is 20.1 Å². The van der Waals surface area contributed by atoms with Gasteiger partial charge in [0.15, 0.2) is 16.8 Å². The van der Waals surface area contributed by atoms with Gasteiger partial charge < -0.3 is 29.4 Å². The number of rotatable bonds is 6. The summed E-state index contributed by atoms with van der Waals surface area (Å²) in [7, 11) is 3.18. The number of carbonyl (C=O) groups is 3. The molecule has 1 aliphatic heterocycles. The average Bonchev–Trinajstić information content (AvgIpc) is 3.23. The summed E-state index contributed by atoms with van der Waals surface area (Å²) in [6.45, 7) is 6.49. The van der Waals surface area contributed by atoms with Crippen LogP contribution >= 0.6 is 0 Å². The van der Waals surface area contributed by atoms with Gasteiger partial charge in [0.1, 0.15) is 24.7 Å². The Morgan fingerprint density at radius 1 is 1.32 bits per heavy atom. The predicted octanol–water partition coefficient (Wildman–Crippen LogP) is 4.05. The van der Waals surface area contributed by atoms with E-state index in [1.54, 1.807) is 21.0 Å². The van der Waals surface area contributed by atoms with Crippen molar-refractivity contribution in [3.8, 4) is 11.5 Å². The molecule has 1 aliphatic rings. The first-order valence-corrected chi connectivity index (χ1v) is 12.4. The fourth-order valence-corrected chi connectivity index (χ4v) is 3.48. The molecule has 2 aromatic heterocycles. The Balaban J connectivity index is 0.000000336. The van der Waals surface area contributed by atoms with Crippen molar-refractivity contribution >= 4 is 29.3 Å². The van der Waals surface area contributed by atoms with E-state index in [0.717, 1.165) is 19.2 Å². The predicted molar refractivity (Wildman–Crippen MR) is 141 cm³/mol. The maximum atomic E-state index is 13.5. The van der Waals surface area contributed by atoms with Crippen molar-refractivity contribution in [1.29, 1.82) is 0 Å². The fraction of sp³-hybridized carbons (Fsp3) is 0.407. The minimum absolute atomic E-state index is 0.00199. The van der Waals surface area contributed by atoms with Crippen LogP contribution in [0.2, 0.25) is 0 Å². The number of nitrogens with one attached hydrogen (secondary N) is 1. The number of carbonyl (C=O) groups excluding carboxylic acids is 3. The number of ether oxygens (including phenoxy) is 1. The molecule has 3 heterocycles.